The first-order valence-corrected chi connectivity index (χ1v) is 8.39. The Morgan fingerprint density at radius 3 is 2.58 bits per heavy atom. The van der Waals surface area contributed by atoms with E-state index >= 15 is 0 Å². The number of nitrogens with zero attached hydrogens (tertiary/aromatic N) is 1. The van der Waals surface area contributed by atoms with Crippen molar-refractivity contribution in [3.8, 4) is 16.9 Å². The van der Waals surface area contributed by atoms with Crippen molar-refractivity contribution in [3.05, 3.63) is 59.4 Å². The third kappa shape index (κ3) is 2.82. The number of fused-ring (bicyclic) bond motifs is 1. The molecule has 0 bridgehead atoms. The van der Waals surface area contributed by atoms with Crippen LogP contribution in [-0.2, 0) is 0 Å². The quantitative estimate of drug-likeness (QED) is 0.601. The highest BCUT2D eigenvalue weighted by Gasteiger charge is 2.17. The molecule has 124 valence electrons. The van der Waals surface area contributed by atoms with E-state index in [4.69, 9.17) is 4.74 Å². The summed E-state index contributed by atoms with van der Waals surface area (Å²) in [7, 11) is 0. The molecule has 0 saturated carbocycles. The molecule has 0 aliphatic heterocycles. The summed E-state index contributed by atoms with van der Waals surface area (Å²) < 4.78 is 7.76. The van der Waals surface area contributed by atoms with Gasteiger partial charge in [0.15, 0.2) is 6.29 Å². The first kappa shape index (κ1) is 16.3. The monoisotopic (exact) mass is 321 g/mol. The molecule has 0 amide bonds. The number of ether oxygens (including phenoxy) is 1. The minimum atomic E-state index is 0.415. The van der Waals surface area contributed by atoms with Crippen molar-refractivity contribution in [2.75, 3.05) is 6.61 Å². The molecule has 0 spiro atoms. The van der Waals surface area contributed by atoms with Crippen LogP contribution in [0.25, 0.3) is 16.6 Å². The number of aldehydes is 1. The number of pyridine rings is 1. The molecule has 24 heavy (non-hydrogen) atoms. The Bertz CT molecular complexity index is 890. The standard InChI is InChI=1S/C21H23NO2/c1-5-24-21-7-6-16(14(2)3)11-19(21)18-12-17-10-15(4)8-9-22(17)20(18)13-23/h6-14H,5H2,1-4H3. The van der Waals surface area contributed by atoms with Crippen molar-refractivity contribution in [1.82, 2.24) is 4.40 Å². The van der Waals surface area contributed by atoms with E-state index in [9.17, 15) is 4.79 Å². The lowest BCUT2D eigenvalue weighted by atomic mass is 9.96. The van der Waals surface area contributed by atoms with Crippen LogP contribution in [0.15, 0.2) is 42.6 Å². The molecule has 0 fully saturated rings. The minimum absolute atomic E-state index is 0.415. The van der Waals surface area contributed by atoms with Gasteiger partial charge in [-0.1, -0.05) is 19.9 Å². The fraction of sp³-hybridized carbons (Fsp3) is 0.286. The number of aromatic nitrogens is 1. The minimum Gasteiger partial charge on any atom is -0.493 e. The van der Waals surface area contributed by atoms with E-state index < -0.39 is 0 Å². The van der Waals surface area contributed by atoms with Gasteiger partial charge in [-0.2, -0.15) is 0 Å². The maximum atomic E-state index is 11.8. The fourth-order valence-corrected chi connectivity index (χ4v) is 3.05. The summed E-state index contributed by atoms with van der Waals surface area (Å²) in [5.74, 6) is 1.23. The first-order chi connectivity index (χ1) is 11.5. The smallest absolute Gasteiger partial charge is 0.167 e. The lowest BCUT2D eigenvalue weighted by molar-refractivity contribution is 0.111. The van der Waals surface area contributed by atoms with Crippen LogP contribution in [0.5, 0.6) is 5.75 Å². The third-order valence-electron chi connectivity index (χ3n) is 4.34. The molecule has 0 saturated heterocycles. The zero-order valence-electron chi connectivity index (χ0n) is 14.7. The van der Waals surface area contributed by atoms with Crippen molar-refractivity contribution in [1.29, 1.82) is 0 Å². The molecular formula is C21H23NO2. The van der Waals surface area contributed by atoms with Crippen LogP contribution < -0.4 is 4.74 Å². The SMILES string of the molecule is CCOc1ccc(C(C)C)cc1-c1cc2cc(C)ccn2c1C=O. The molecule has 3 nitrogen and oxygen atoms in total. The van der Waals surface area contributed by atoms with Crippen LogP contribution in [0.3, 0.4) is 0 Å². The highest BCUT2D eigenvalue weighted by molar-refractivity contribution is 5.91. The van der Waals surface area contributed by atoms with Gasteiger partial charge in [-0.25, -0.2) is 0 Å². The second-order valence-corrected chi connectivity index (χ2v) is 6.40. The number of hydrogen-bond acceptors (Lipinski definition) is 2. The number of rotatable bonds is 5. The lowest BCUT2D eigenvalue weighted by Gasteiger charge is -2.14. The van der Waals surface area contributed by atoms with Crippen LogP contribution in [0.4, 0.5) is 0 Å². The van der Waals surface area contributed by atoms with E-state index in [0.717, 1.165) is 28.7 Å². The van der Waals surface area contributed by atoms with Crippen molar-refractivity contribution < 1.29 is 9.53 Å². The Morgan fingerprint density at radius 1 is 1.12 bits per heavy atom. The van der Waals surface area contributed by atoms with Gasteiger partial charge in [0.1, 0.15) is 5.75 Å². The second-order valence-electron chi connectivity index (χ2n) is 6.40. The van der Waals surface area contributed by atoms with E-state index in [1.807, 2.05) is 29.7 Å². The molecule has 0 radical (unpaired) electrons. The summed E-state index contributed by atoms with van der Waals surface area (Å²) in [6, 6.07) is 12.4. The van der Waals surface area contributed by atoms with Gasteiger partial charge >= 0.3 is 0 Å². The molecule has 3 rings (SSSR count). The molecule has 1 aromatic carbocycles. The number of hydrogen-bond donors (Lipinski definition) is 0. The molecule has 3 heteroatoms. The molecular weight excluding hydrogens is 298 g/mol. The summed E-state index contributed by atoms with van der Waals surface area (Å²) >= 11 is 0. The van der Waals surface area contributed by atoms with E-state index in [2.05, 4.69) is 45.0 Å². The predicted molar refractivity (Wildman–Crippen MR) is 98.2 cm³/mol. The van der Waals surface area contributed by atoms with Crippen molar-refractivity contribution in [2.45, 2.75) is 33.6 Å². The van der Waals surface area contributed by atoms with E-state index in [-0.39, 0.29) is 0 Å². The van der Waals surface area contributed by atoms with Gasteiger partial charge in [-0.3, -0.25) is 4.79 Å². The van der Waals surface area contributed by atoms with Gasteiger partial charge in [-0.15, -0.1) is 0 Å². The van der Waals surface area contributed by atoms with Gasteiger partial charge in [0.25, 0.3) is 0 Å². The van der Waals surface area contributed by atoms with E-state index in [1.54, 1.807) is 0 Å². The van der Waals surface area contributed by atoms with Crippen molar-refractivity contribution >= 4 is 11.8 Å². The van der Waals surface area contributed by atoms with Crippen molar-refractivity contribution in [3.63, 3.8) is 0 Å². The predicted octanol–water partition coefficient (Wildman–Crippen LogP) is 5.25. The Hall–Kier alpha value is -2.55. The van der Waals surface area contributed by atoms with Gasteiger partial charge in [0.05, 0.1) is 12.3 Å². The maximum absolute atomic E-state index is 11.8. The van der Waals surface area contributed by atoms with Crippen molar-refractivity contribution in [2.24, 2.45) is 0 Å². The molecule has 0 N–H and O–H groups in total. The normalized spacial score (nSPS) is 11.2. The molecule has 3 aromatic rings. The Labute approximate surface area is 142 Å². The van der Waals surface area contributed by atoms with Crippen LogP contribution in [0.1, 0.15) is 48.3 Å². The van der Waals surface area contributed by atoms with Gasteiger partial charge < -0.3 is 9.14 Å². The molecule has 0 aliphatic rings. The molecule has 2 heterocycles. The van der Waals surface area contributed by atoms with Crippen LogP contribution in [0, 0.1) is 6.92 Å². The van der Waals surface area contributed by atoms with Gasteiger partial charge in [0, 0.05) is 22.8 Å². The Morgan fingerprint density at radius 2 is 1.92 bits per heavy atom. The molecule has 0 atom stereocenters. The first-order valence-electron chi connectivity index (χ1n) is 8.39. The Balaban J connectivity index is 2.29. The van der Waals surface area contributed by atoms with E-state index in [1.165, 1.54) is 11.1 Å². The van der Waals surface area contributed by atoms with Crippen LogP contribution in [0.2, 0.25) is 0 Å². The summed E-state index contributed by atoms with van der Waals surface area (Å²) in [6.07, 6.45) is 2.87. The molecule has 0 aliphatic carbocycles. The summed E-state index contributed by atoms with van der Waals surface area (Å²) in [5.41, 5.74) is 5.98. The lowest BCUT2D eigenvalue weighted by Crippen LogP contribution is -1.98. The summed E-state index contributed by atoms with van der Waals surface area (Å²) in [6.45, 7) is 8.95. The largest absolute Gasteiger partial charge is 0.493 e. The van der Waals surface area contributed by atoms with Crippen LogP contribution in [-0.4, -0.2) is 17.3 Å². The molecule has 2 aromatic heterocycles. The summed E-state index contributed by atoms with van der Waals surface area (Å²) in [5, 5.41) is 0. The average Bonchev–Trinajstić information content (AvgIpc) is 2.92. The number of benzene rings is 1. The van der Waals surface area contributed by atoms with Crippen LogP contribution >= 0.6 is 0 Å². The fourth-order valence-electron chi connectivity index (χ4n) is 3.05. The van der Waals surface area contributed by atoms with Gasteiger partial charge in [-0.05, 0) is 61.2 Å². The van der Waals surface area contributed by atoms with E-state index in [0.29, 0.717) is 18.2 Å². The number of aryl methyl sites for hydroxylation is 1. The third-order valence-corrected chi connectivity index (χ3v) is 4.34. The second kappa shape index (κ2) is 6.52. The zero-order valence-corrected chi connectivity index (χ0v) is 14.7. The highest BCUT2D eigenvalue weighted by Crippen LogP contribution is 2.36. The zero-order chi connectivity index (χ0) is 17.3. The average molecular weight is 321 g/mol. The number of carbonyl (C=O) groups excluding carboxylic acids is 1. The summed E-state index contributed by atoms with van der Waals surface area (Å²) in [4.78, 5) is 11.8. The topological polar surface area (TPSA) is 30.7 Å². The maximum Gasteiger partial charge on any atom is 0.167 e. The highest BCUT2D eigenvalue weighted by atomic mass is 16.5. The Kier molecular flexibility index (Phi) is 4.43. The molecule has 0 unspecified atom stereocenters. The van der Waals surface area contributed by atoms with Gasteiger partial charge in [0.2, 0.25) is 0 Å². The number of carbonyl (C=O) groups is 1.